The molecule has 1 saturated heterocycles. The minimum Gasteiger partial charge on any atom is -0.329 e. The molecule has 0 amide bonds. The van der Waals surface area contributed by atoms with Crippen molar-refractivity contribution in [2.24, 2.45) is 11.7 Å². The second-order valence-corrected chi connectivity index (χ2v) is 3.60. The summed E-state index contributed by atoms with van der Waals surface area (Å²) in [6.07, 6.45) is 7.85. The van der Waals surface area contributed by atoms with Crippen molar-refractivity contribution < 1.29 is 0 Å². The Morgan fingerprint density at radius 3 is 3.00 bits per heavy atom. The molecule has 0 aromatic rings. The van der Waals surface area contributed by atoms with Gasteiger partial charge in [0.2, 0.25) is 0 Å². The number of piperidine rings is 1. The molecule has 1 fully saturated rings. The van der Waals surface area contributed by atoms with Gasteiger partial charge in [-0.25, -0.2) is 0 Å². The van der Waals surface area contributed by atoms with Gasteiger partial charge in [0.25, 0.3) is 0 Å². The fraction of sp³-hybridized carbons (Fsp3) is 0.800. The zero-order valence-electron chi connectivity index (χ0n) is 7.79. The van der Waals surface area contributed by atoms with Gasteiger partial charge in [-0.15, -0.1) is 6.42 Å². The largest absolute Gasteiger partial charge is 0.329 e. The van der Waals surface area contributed by atoms with Crippen LogP contribution in [0.5, 0.6) is 0 Å². The quantitative estimate of drug-likeness (QED) is 0.611. The van der Waals surface area contributed by atoms with Crippen LogP contribution in [0.4, 0.5) is 0 Å². The highest BCUT2D eigenvalue weighted by Gasteiger charge is 2.26. The van der Waals surface area contributed by atoms with E-state index in [0.29, 0.717) is 12.0 Å². The predicted octanol–water partition coefficient (Wildman–Crippen LogP) is 0.679. The highest BCUT2D eigenvalue weighted by atomic mass is 15.2. The summed E-state index contributed by atoms with van der Waals surface area (Å²) in [5.41, 5.74) is 5.70. The van der Waals surface area contributed by atoms with Crippen LogP contribution in [0, 0.1) is 18.3 Å². The van der Waals surface area contributed by atoms with E-state index in [2.05, 4.69) is 17.7 Å². The van der Waals surface area contributed by atoms with Crippen molar-refractivity contribution in [3.05, 3.63) is 0 Å². The summed E-state index contributed by atoms with van der Waals surface area (Å²) in [6.45, 7) is 4.88. The van der Waals surface area contributed by atoms with Crippen LogP contribution in [-0.4, -0.2) is 30.6 Å². The van der Waals surface area contributed by atoms with Gasteiger partial charge in [0, 0.05) is 12.6 Å². The van der Waals surface area contributed by atoms with Gasteiger partial charge in [-0.05, 0) is 25.3 Å². The maximum atomic E-state index is 5.70. The Morgan fingerprint density at radius 1 is 1.67 bits per heavy atom. The summed E-state index contributed by atoms with van der Waals surface area (Å²) < 4.78 is 0. The van der Waals surface area contributed by atoms with Crippen LogP contribution in [-0.2, 0) is 0 Å². The van der Waals surface area contributed by atoms with Crippen molar-refractivity contribution in [1.82, 2.24) is 4.90 Å². The van der Waals surface area contributed by atoms with Gasteiger partial charge in [-0.3, -0.25) is 4.90 Å². The molecule has 0 aromatic heterocycles. The fourth-order valence-electron chi connectivity index (χ4n) is 2.03. The topological polar surface area (TPSA) is 29.3 Å². The smallest absolute Gasteiger partial charge is 0.0601 e. The van der Waals surface area contributed by atoms with E-state index in [1.165, 1.54) is 12.8 Å². The third kappa shape index (κ3) is 2.00. The number of rotatable bonds is 2. The molecule has 1 aliphatic rings. The van der Waals surface area contributed by atoms with Gasteiger partial charge in [0.1, 0.15) is 0 Å². The molecule has 2 N–H and O–H groups in total. The molecular weight excluding hydrogens is 148 g/mol. The van der Waals surface area contributed by atoms with Crippen LogP contribution in [0.3, 0.4) is 0 Å². The minimum absolute atomic E-state index is 0.509. The van der Waals surface area contributed by atoms with Gasteiger partial charge in [0.15, 0.2) is 0 Å². The summed E-state index contributed by atoms with van der Waals surface area (Å²) in [6, 6.07) is 0.509. The lowest BCUT2D eigenvalue weighted by molar-refractivity contribution is 0.122. The van der Waals surface area contributed by atoms with E-state index in [4.69, 9.17) is 12.2 Å². The zero-order valence-corrected chi connectivity index (χ0v) is 7.79. The molecule has 1 heterocycles. The van der Waals surface area contributed by atoms with Gasteiger partial charge in [-0.1, -0.05) is 12.8 Å². The van der Waals surface area contributed by atoms with Gasteiger partial charge in [-0.2, -0.15) is 0 Å². The molecule has 2 unspecified atom stereocenters. The van der Waals surface area contributed by atoms with Gasteiger partial charge in [0.05, 0.1) is 6.54 Å². The number of nitrogens with two attached hydrogens (primary N) is 1. The molecule has 12 heavy (non-hydrogen) atoms. The first kappa shape index (κ1) is 9.57. The lowest BCUT2D eigenvalue weighted by Gasteiger charge is -2.38. The molecule has 2 heteroatoms. The molecule has 0 bridgehead atoms. The number of terminal acetylenes is 1. The van der Waals surface area contributed by atoms with E-state index in [0.717, 1.165) is 19.6 Å². The van der Waals surface area contributed by atoms with E-state index >= 15 is 0 Å². The van der Waals surface area contributed by atoms with Gasteiger partial charge >= 0.3 is 0 Å². The highest BCUT2D eigenvalue weighted by Crippen LogP contribution is 2.21. The number of hydrogen-bond acceptors (Lipinski definition) is 2. The molecule has 0 aromatic carbocycles. The summed E-state index contributed by atoms with van der Waals surface area (Å²) in [7, 11) is 0. The Labute approximate surface area is 75.1 Å². The normalized spacial score (nSPS) is 31.4. The second-order valence-electron chi connectivity index (χ2n) is 3.60. The van der Waals surface area contributed by atoms with Crippen molar-refractivity contribution in [2.75, 3.05) is 19.6 Å². The Balaban J connectivity index is 2.52. The average Bonchev–Trinajstić information content (AvgIpc) is 2.05. The number of hydrogen-bond donors (Lipinski definition) is 1. The standard InChI is InChI=1S/C10H18N2/c1-3-6-12-7-4-5-9(2)10(12)8-11/h1,9-10H,4-8,11H2,2H3. The molecule has 0 spiro atoms. The van der Waals surface area contributed by atoms with Crippen LogP contribution in [0.15, 0.2) is 0 Å². The number of likely N-dealkylation sites (tertiary alicyclic amines) is 1. The molecule has 2 nitrogen and oxygen atoms in total. The Kier molecular flexibility index (Phi) is 3.58. The Bertz CT molecular complexity index is 171. The van der Waals surface area contributed by atoms with Crippen LogP contribution in [0.1, 0.15) is 19.8 Å². The summed E-state index contributed by atoms with van der Waals surface area (Å²) in [5, 5.41) is 0. The molecule has 0 radical (unpaired) electrons. The molecule has 0 saturated carbocycles. The lowest BCUT2D eigenvalue weighted by atomic mass is 9.91. The maximum Gasteiger partial charge on any atom is 0.0601 e. The van der Waals surface area contributed by atoms with E-state index in [1.807, 2.05) is 0 Å². The third-order valence-electron chi connectivity index (χ3n) is 2.77. The SMILES string of the molecule is C#CCN1CCCC(C)C1CN. The van der Waals surface area contributed by atoms with Crippen molar-refractivity contribution >= 4 is 0 Å². The lowest BCUT2D eigenvalue weighted by Crippen LogP contribution is -2.48. The number of nitrogens with zero attached hydrogens (tertiary/aromatic N) is 1. The predicted molar refractivity (Wildman–Crippen MR) is 51.6 cm³/mol. The van der Waals surface area contributed by atoms with Crippen molar-refractivity contribution in [3.8, 4) is 12.3 Å². The third-order valence-corrected chi connectivity index (χ3v) is 2.77. The molecule has 68 valence electrons. The Hall–Kier alpha value is -0.520. The van der Waals surface area contributed by atoms with Crippen LogP contribution in [0.2, 0.25) is 0 Å². The van der Waals surface area contributed by atoms with Crippen molar-refractivity contribution in [2.45, 2.75) is 25.8 Å². The molecule has 2 atom stereocenters. The maximum absolute atomic E-state index is 5.70. The fourth-order valence-corrected chi connectivity index (χ4v) is 2.03. The molecule has 1 aliphatic heterocycles. The van der Waals surface area contributed by atoms with E-state index < -0.39 is 0 Å². The minimum atomic E-state index is 0.509. The summed E-state index contributed by atoms with van der Waals surface area (Å²) >= 11 is 0. The summed E-state index contributed by atoms with van der Waals surface area (Å²) in [5.74, 6) is 3.40. The Morgan fingerprint density at radius 2 is 2.42 bits per heavy atom. The van der Waals surface area contributed by atoms with E-state index in [-0.39, 0.29) is 0 Å². The second kappa shape index (κ2) is 4.49. The van der Waals surface area contributed by atoms with Crippen LogP contribution >= 0.6 is 0 Å². The first-order valence-corrected chi connectivity index (χ1v) is 4.67. The van der Waals surface area contributed by atoms with Crippen molar-refractivity contribution in [3.63, 3.8) is 0 Å². The first-order valence-electron chi connectivity index (χ1n) is 4.67. The van der Waals surface area contributed by atoms with Crippen molar-refractivity contribution in [1.29, 1.82) is 0 Å². The molecule has 1 rings (SSSR count). The average molecular weight is 166 g/mol. The molecular formula is C10H18N2. The van der Waals surface area contributed by atoms with Gasteiger partial charge < -0.3 is 5.73 Å². The van der Waals surface area contributed by atoms with E-state index in [1.54, 1.807) is 0 Å². The van der Waals surface area contributed by atoms with Crippen LogP contribution in [0.25, 0.3) is 0 Å². The zero-order chi connectivity index (χ0) is 8.97. The summed E-state index contributed by atoms with van der Waals surface area (Å²) in [4.78, 5) is 2.33. The molecule has 0 aliphatic carbocycles. The highest BCUT2D eigenvalue weighted by molar-refractivity contribution is 4.93. The van der Waals surface area contributed by atoms with E-state index in [9.17, 15) is 0 Å². The monoisotopic (exact) mass is 166 g/mol. The first-order chi connectivity index (χ1) is 5.79. The van der Waals surface area contributed by atoms with Crippen LogP contribution < -0.4 is 5.73 Å².